The summed E-state index contributed by atoms with van der Waals surface area (Å²) in [6.45, 7) is 6.49. The zero-order chi connectivity index (χ0) is 17.1. The molecule has 0 spiro atoms. The van der Waals surface area contributed by atoms with Gasteiger partial charge < -0.3 is 14.4 Å². The van der Waals surface area contributed by atoms with Gasteiger partial charge in [-0.2, -0.15) is 0 Å². The van der Waals surface area contributed by atoms with Crippen molar-refractivity contribution in [3.8, 4) is 0 Å². The van der Waals surface area contributed by atoms with Crippen molar-refractivity contribution in [2.24, 2.45) is 0 Å². The smallest absolute Gasteiger partial charge is 0.410 e. The molecule has 126 valence electrons. The summed E-state index contributed by atoms with van der Waals surface area (Å²) in [7, 11) is 0. The fourth-order valence-electron chi connectivity index (χ4n) is 3.03. The molecule has 5 heteroatoms. The van der Waals surface area contributed by atoms with Crippen molar-refractivity contribution < 1.29 is 18.7 Å². The molecule has 0 saturated carbocycles. The summed E-state index contributed by atoms with van der Waals surface area (Å²) in [5.74, 6) is -0.303. The van der Waals surface area contributed by atoms with E-state index in [1.54, 1.807) is 11.0 Å². The minimum absolute atomic E-state index is 0.303. The van der Waals surface area contributed by atoms with Gasteiger partial charge in [0.05, 0.1) is 0 Å². The number of aldehydes is 1. The number of likely N-dealkylation sites (tertiary alicyclic amines) is 1. The topological polar surface area (TPSA) is 46.6 Å². The van der Waals surface area contributed by atoms with Gasteiger partial charge in [-0.3, -0.25) is 0 Å². The van der Waals surface area contributed by atoms with Crippen LogP contribution in [0.4, 0.5) is 9.18 Å². The Balaban J connectivity index is 2.12. The van der Waals surface area contributed by atoms with E-state index < -0.39 is 11.0 Å². The maximum absolute atomic E-state index is 13.6. The SMILES string of the molecule is CC(C)(C)OC(=O)N1CCC(CC=O)(c2cccc(F)c2)CC1. The highest BCUT2D eigenvalue weighted by Gasteiger charge is 2.38. The monoisotopic (exact) mass is 321 g/mol. The molecule has 0 unspecified atom stereocenters. The van der Waals surface area contributed by atoms with E-state index in [4.69, 9.17) is 4.74 Å². The molecule has 1 aliphatic rings. The van der Waals surface area contributed by atoms with E-state index in [9.17, 15) is 14.0 Å². The van der Waals surface area contributed by atoms with Crippen LogP contribution >= 0.6 is 0 Å². The number of amides is 1. The molecule has 1 heterocycles. The molecule has 4 nitrogen and oxygen atoms in total. The second kappa shape index (κ2) is 6.69. The standard InChI is InChI=1S/C18H24FNO3/c1-17(2,3)23-16(22)20-10-7-18(8-11-20,9-12-21)14-5-4-6-15(19)13-14/h4-6,12-13H,7-11H2,1-3H3. The third kappa shape index (κ3) is 4.30. The summed E-state index contributed by atoms with van der Waals surface area (Å²) < 4.78 is 18.9. The summed E-state index contributed by atoms with van der Waals surface area (Å²) in [5, 5.41) is 0. The zero-order valence-electron chi connectivity index (χ0n) is 14.0. The lowest BCUT2D eigenvalue weighted by Crippen LogP contribution is -2.47. The van der Waals surface area contributed by atoms with Crippen molar-refractivity contribution in [3.05, 3.63) is 35.6 Å². The molecule has 1 saturated heterocycles. The highest BCUT2D eigenvalue weighted by molar-refractivity contribution is 5.68. The maximum Gasteiger partial charge on any atom is 0.410 e. The van der Waals surface area contributed by atoms with Gasteiger partial charge in [0.2, 0.25) is 0 Å². The molecule has 0 atom stereocenters. The molecule has 1 aromatic rings. The Morgan fingerprint density at radius 2 is 2.00 bits per heavy atom. The van der Waals surface area contributed by atoms with Gasteiger partial charge in [0, 0.05) is 24.9 Å². The predicted molar refractivity (Wildman–Crippen MR) is 85.8 cm³/mol. The van der Waals surface area contributed by atoms with Gasteiger partial charge >= 0.3 is 6.09 Å². The fraction of sp³-hybridized carbons (Fsp3) is 0.556. The molecule has 0 N–H and O–H groups in total. The van der Waals surface area contributed by atoms with Gasteiger partial charge in [-0.1, -0.05) is 12.1 Å². The van der Waals surface area contributed by atoms with Gasteiger partial charge in [0.15, 0.2) is 0 Å². The number of hydrogen-bond acceptors (Lipinski definition) is 3. The van der Waals surface area contributed by atoms with Crippen LogP contribution in [0.5, 0.6) is 0 Å². The first kappa shape index (κ1) is 17.4. The molecule has 0 aliphatic carbocycles. The lowest BCUT2D eigenvalue weighted by Gasteiger charge is -2.41. The number of carbonyl (C=O) groups is 2. The van der Waals surface area contributed by atoms with Crippen LogP contribution in [0, 0.1) is 5.82 Å². The molecule has 0 aromatic heterocycles. The lowest BCUT2D eigenvalue weighted by atomic mass is 9.71. The molecule has 1 aliphatic heterocycles. The largest absolute Gasteiger partial charge is 0.444 e. The number of hydrogen-bond donors (Lipinski definition) is 0. The predicted octanol–water partition coefficient (Wildman–Crippen LogP) is 3.68. The first-order valence-electron chi connectivity index (χ1n) is 7.93. The number of nitrogens with zero attached hydrogens (tertiary/aromatic N) is 1. The molecule has 2 rings (SSSR count). The normalized spacial score (nSPS) is 17.7. The molecule has 1 aromatic carbocycles. The number of rotatable bonds is 3. The van der Waals surface area contributed by atoms with Gasteiger partial charge in [-0.25, -0.2) is 9.18 Å². The van der Waals surface area contributed by atoms with Gasteiger partial charge in [0.1, 0.15) is 17.7 Å². The number of halogens is 1. The molecule has 1 fully saturated rings. The second-order valence-corrected chi connectivity index (χ2v) is 7.13. The third-order valence-corrected chi connectivity index (χ3v) is 4.28. The Hall–Kier alpha value is -1.91. The number of ether oxygens (including phenoxy) is 1. The van der Waals surface area contributed by atoms with E-state index in [1.165, 1.54) is 12.1 Å². The summed E-state index contributed by atoms with van der Waals surface area (Å²) in [5.41, 5.74) is -0.104. The van der Waals surface area contributed by atoms with E-state index in [-0.39, 0.29) is 11.9 Å². The summed E-state index contributed by atoms with van der Waals surface area (Å²) >= 11 is 0. The Morgan fingerprint density at radius 1 is 1.35 bits per heavy atom. The average molecular weight is 321 g/mol. The van der Waals surface area contributed by atoms with Crippen molar-refractivity contribution >= 4 is 12.4 Å². The number of benzene rings is 1. The molecule has 1 amide bonds. The minimum atomic E-state index is -0.531. The van der Waals surface area contributed by atoms with Crippen LogP contribution < -0.4 is 0 Å². The highest BCUT2D eigenvalue weighted by Crippen LogP contribution is 2.38. The summed E-state index contributed by atoms with van der Waals surface area (Å²) in [4.78, 5) is 24.9. The number of piperidine rings is 1. The van der Waals surface area contributed by atoms with Crippen molar-refractivity contribution in [1.29, 1.82) is 0 Å². The van der Waals surface area contributed by atoms with Crippen LogP contribution in [0.25, 0.3) is 0 Å². The fourth-order valence-corrected chi connectivity index (χ4v) is 3.03. The van der Waals surface area contributed by atoms with Crippen molar-refractivity contribution in [1.82, 2.24) is 4.90 Å². The number of carbonyl (C=O) groups excluding carboxylic acids is 2. The Labute approximate surface area is 136 Å². The van der Waals surface area contributed by atoms with Gasteiger partial charge in [-0.05, 0) is 51.3 Å². The third-order valence-electron chi connectivity index (χ3n) is 4.28. The molecular weight excluding hydrogens is 297 g/mol. The minimum Gasteiger partial charge on any atom is -0.444 e. The van der Waals surface area contributed by atoms with Gasteiger partial charge in [-0.15, -0.1) is 0 Å². The van der Waals surface area contributed by atoms with Crippen molar-refractivity contribution in [2.45, 2.75) is 51.0 Å². The van der Waals surface area contributed by atoms with Crippen LogP contribution in [-0.4, -0.2) is 36.0 Å². The molecule has 0 radical (unpaired) electrons. The van der Waals surface area contributed by atoms with Crippen LogP contribution in [-0.2, 0) is 14.9 Å². The van der Waals surface area contributed by atoms with Crippen LogP contribution in [0.2, 0.25) is 0 Å². The first-order chi connectivity index (χ1) is 10.8. The quantitative estimate of drug-likeness (QED) is 0.798. The van der Waals surface area contributed by atoms with Crippen molar-refractivity contribution in [3.63, 3.8) is 0 Å². The van der Waals surface area contributed by atoms with E-state index >= 15 is 0 Å². The van der Waals surface area contributed by atoms with E-state index in [0.717, 1.165) is 11.8 Å². The van der Waals surface area contributed by atoms with E-state index in [0.29, 0.717) is 32.4 Å². The van der Waals surface area contributed by atoms with Crippen LogP contribution in [0.3, 0.4) is 0 Å². The van der Waals surface area contributed by atoms with Crippen molar-refractivity contribution in [2.75, 3.05) is 13.1 Å². The molecule has 23 heavy (non-hydrogen) atoms. The Bertz CT molecular complexity index is 572. The van der Waals surface area contributed by atoms with E-state index in [2.05, 4.69) is 0 Å². The summed E-state index contributed by atoms with van der Waals surface area (Å²) in [6.07, 6.45) is 2.12. The Kier molecular flexibility index (Phi) is 5.07. The average Bonchev–Trinajstić information content (AvgIpc) is 2.46. The molecular formula is C18H24FNO3. The lowest BCUT2D eigenvalue weighted by molar-refractivity contribution is -0.109. The molecule has 0 bridgehead atoms. The summed E-state index contributed by atoms with van der Waals surface area (Å²) in [6, 6.07) is 6.41. The van der Waals surface area contributed by atoms with Crippen LogP contribution in [0.15, 0.2) is 24.3 Å². The first-order valence-corrected chi connectivity index (χ1v) is 7.93. The Morgan fingerprint density at radius 3 is 2.52 bits per heavy atom. The highest BCUT2D eigenvalue weighted by atomic mass is 19.1. The second-order valence-electron chi connectivity index (χ2n) is 7.13. The van der Waals surface area contributed by atoms with Gasteiger partial charge in [0.25, 0.3) is 0 Å². The van der Waals surface area contributed by atoms with E-state index in [1.807, 2.05) is 26.8 Å². The maximum atomic E-state index is 13.6. The zero-order valence-corrected chi connectivity index (χ0v) is 14.0. The van der Waals surface area contributed by atoms with Crippen LogP contribution in [0.1, 0.15) is 45.6 Å².